The molecule has 2 heterocycles. The van der Waals surface area contributed by atoms with Crippen LogP contribution in [0.2, 0.25) is 10.0 Å². The van der Waals surface area contributed by atoms with Crippen LogP contribution in [0.25, 0.3) is 6.08 Å². The second-order valence-corrected chi connectivity index (χ2v) is 7.03. The lowest BCUT2D eigenvalue weighted by Gasteiger charge is -2.13. The summed E-state index contributed by atoms with van der Waals surface area (Å²) in [5.74, 6) is -0.373. The highest BCUT2D eigenvalue weighted by Crippen LogP contribution is 2.25. The first-order valence-corrected chi connectivity index (χ1v) is 9.02. The monoisotopic (exact) mass is 391 g/mol. The lowest BCUT2D eigenvalue weighted by molar-refractivity contribution is -0.123. The lowest BCUT2D eigenvalue weighted by Crippen LogP contribution is -2.30. The lowest BCUT2D eigenvalue weighted by atomic mass is 10.2. The van der Waals surface area contributed by atoms with Gasteiger partial charge in [-0.3, -0.25) is 9.69 Å². The maximum absolute atomic E-state index is 12.7. The van der Waals surface area contributed by atoms with Gasteiger partial charge in [-0.25, -0.2) is 4.79 Å². The van der Waals surface area contributed by atoms with Gasteiger partial charge in [-0.05, 0) is 56.2 Å². The van der Waals surface area contributed by atoms with Gasteiger partial charge in [-0.2, -0.15) is 0 Å². The summed E-state index contributed by atoms with van der Waals surface area (Å²) in [7, 11) is 0. The van der Waals surface area contributed by atoms with E-state index in [1.54, 1.807) is 24.3 Å². The fraction of sp³-hybridized carbons (Fsp3) is 0.263. The Balaban J connectivity index is 1.87. The summed E-state index contributed by atoms with van der Waals surface area (Å²) in [4.78, 5) is 26.1. The number of imide groups is 1. The Kier molecular flexibility index (Phi) is 5.12. The summed E-state index contributed by atoms with van der Waals surface area (Å²) < 4.78 is 2.15. The van der Waals surface area contributed by atoms with E-state index in [1.165, 1.54) is 0 Å². The summed E-state index contributed by atoms with van der Waals surface area (Å²) >= 11 is 12.0. The third-order valence-corrected chi connectivity index (χ3v) is 5.12. The molecule has 0 saturated carbocycles. The molecule has 1 aliphatic heterocycles. The molecule has 1 aliphatic rings. The number of carbonyl (C=O) groups excluding carboxylic acids is 2. The highest BCUT2D eigenvalue weighted by Gasteiger charge is 2.34. The van der Waals surface area contributed by atoms with Crippen molar-refractivity contribution in [3.63, 3.8) is 0 Å². The first-order valence-electron chi connectivity index (χ1n) is 8.27. The van der Waals surface area contributed by atoms with E-state index < -0.39 is 6.03 Å². The first kappa shape index (κ1) is 18.5. The molecular formula is C19H19Cl2N3O2. The van der Waals surface area contributed by atoms with E-state index >= 15 is 0 Å². The van der Waals surface area contributed by atoms with Gasteiger partial charge in [0.15, 0.2) is 0 Å². The zero-order chi connectivity index (χ0) is 19.0. The van der Waals surface area contributed by atoms with Crippen molar-refractivity contribution in [3.8, 4) is 0 Å². The minimum Gasteiger partial charge on any atom is -0.349 e. The number of rotatable bonds is 4. The van der Waals surface area contributed by atoms with Crippen LogP contribution >= 0.6 is 23.2 Å². The number of nitrogens with zero attached hydrogens (tertiary/aromatic N) is 2. The standard InChI is InChI=1S/C19H19Cl2N3O2/c1-4-23-11(2)7-14(12(23)3)8-17-18(25)24(19(26)22-17)10-13-5-6-15(20)9-16(13)21/h5-9H,4,10H2,1-3H3,(H,22,26)/b17-8-. The van der Waals surface area contributed by atoms with E-state index in [9.17, 15) is 9.59 Å². The largest absolute Gasteiger partial charge is 0.349 e. The molecule has 5 nitrogen and oxygen atoms in total. The van der Waals surface area contributed by atoms with E-state index in [4.69, 9.17) is 23.2 Å². The number of aryl methyl sites for hydroxylation is 1. The van der Waals surface area contributed by atoms with E-state index in [-0.39, 0.29) is 18.1 Å². The quantitative estimate of drug-likeness (QED) is 0.614. The van der Waals surface area contributed by atoms with Crippen molar-refractivity contribution in [2.75, 3.05) is 0 Å². The van der Waals surface area contributed by atoms with Gasteiger partial charge >= 0.3 is 6.03 Å². The Morgan fingerprint density at radius 1 is 1.15 bits per heavy atom. The predicted octanol–water partition coefficient (Wildman–Crippen LogP) is 4.52. The molecule has 1 fully saturated rings. The third-order valence-electron chi connectivity index (χ3n) is 4.53. The van der Waals surface area contributed by atoms with Crippen LogP contribution in [0.1, 0.15) is 29.4 Å². The highest BCUT2D eigenvalue weighted by atomic mass is 35.5. The highest BCUT2D eigenvalue weighted by molar-refractivity contribution is 6.35. The van der Waals surface area contributed by atoms with Gasteiger partial charge in [0.1, 0.15) is 5.70 Å². The summed E-state index contributed by atoms with van der Waals surface area (Å²) in [6.45, 7) is 7.02. The maximum Gasteiger partial charge on any atom is 0.329 e. The molecule has 2 aromatic rings. The van der Waals surface area contributed by atoms with Crippen LogP contribution in [0.4, 0.5) is 4.79 Å². The van der Waals surface area contributed by atoms with Crippen LogP contribution in [0.15, 0.2) is 30.0 Å². The zero-order valence-electron chi connectivity index (χ0n) is 14.8. The summed E-state index contributed by atoms with van der Waals surface area (Å²) in [6, 6.07) is 6.52. The maximum atomic E-state index is 12.7. The molecule has 0 unspecified atom stereocenters. The molecule has 1 N–H and O–H groups in total. The van der Waals surface area contributed by atoms with Gasteiger partial charge < -0.3 is 9.88 Å². The molecule has 0 radical (unpaired) electrons. The van der Waals surface area contributed by atoms with Crippen molar-refractivity contribution in [1.29, 1.82) is 0 Å². The first-order chi connectivity index (χ1) is 12.3. The van der Waals surface area contributed by atoms with Crippen molar-refractivity contribution in [2.45, 2.75) is 33.9 Å². The van der Waals surface area contributed by atoms with Crippen LogP contribution in [0.3, 0.4) is 0 Å². The SMILES string of the molecule is CCn1c(C)cc(/C=C2\NC(=O)N(Cc3ccc(Cl)cc3Cl)C2=O)c1C. The molecule has 0 aliphatic carbocycles. The number of benzene rings is 1. The molecule has 3 rings (SSSR count). The number of halogens is 2. The Hall–Kier alpha value is -2.24. The zero-order valence-corrected chi connectivity index (χ0v) is 16.3. The van der Waals surface area contributed by atoms with Crippen LogP contribution in [0, 0.1) is 13.8 Å². The molecule has 0 spiro atoms. The van der Waals surface area contributed by atoms with Crippen LogP contribution < -0.4 is 5.32 Å². The van der Waals surface area contributed by atoms with E-state index in [0.29, 0.717) is 15.6 Å². The molecule has 3 amide bonds. The Bertz CT molecular complexity index is 931. The van der Waals surface area contributed by atoms with Gasteiger partial charge in [0.25, 0.3) is 5.91 Å². The molecule has 26 heavy (non-hydrogen) atoms. The summed E-state index contributed by atoms with van der Waals surface area (Å²) in [5.41, 5.74) is 4.00. The average molecular weight is 392 g/mol. The molecule has 7 heteroatoms. The van der Waals surface area contributed by atoms with Crippen LogP contribution in [-0.4, -0.2) is 21.4 Å². The minimum atomic E-state index is -0.462. The fourth-order valence-electron chi connectivity index (χ4n) is 3.15. The van der Waals surface area contributed by atoms with Crippen molar-refractivity contribution in [1.82, 2.24) is 14.8 Å². The summed E-state index contributed by atoms with van der Waals surface area (Å²) in [6.07, 6.45) is 1.72. The Labute approximate surface area is 162 Å². The van der Waals surface area contributed by atoms with Crippen LogP contribution in [-0.2, 0) is 17.9 Å². The molecule has 1 aromatic carbocycles. The van der Waals surface area contributed by atoms with Gasteiger partial charge in [-0.1, -0.05) is 29.3 Å². The Morgan fingerprint density at radius 3 is 2.50 bits per heavy atom. The fourth-order valence-corrected chi connectivity index (χ4v) is 3.62. The number of urea groups is 1. The number of hydrogen-bond acceptors (Lipinski definition) is 2. The normalized spacial score (nSPS) is 15.9. The van der Waals surface area contributed by atoms with E-state index in [2.05, 4.69) is 16.8 Å². The van der Waals surface area contributed by atoms with E-state index in [1.807, 2.05) is 19.9 Å². The van der Waals surface area contributed by atoms with Gasteiger partial charge in [-0.15, -0.1) is 0 Å². The Morgan fingerprint density at radius 2 is 1.88 bits per heavy atom. The minimum absolute atomic E-state index is 0.0893. The average Bonchev–Trinajstić information content (AvgIpc) is 3.00. The number of hydrogen-bond donors (Lipinski definition) is 1. The smallest absolute Gasteiger partial charge is 0.329 e. The van der Waals surface area contributed by atoms with Crippen molar-refractivity contribution in [2.24, 2.45) is 0 Å². The number of aromatic nitrogens is 1. The molecule has 1 aromatic heterocycles. The predicted molar refractivity (Wildman–Crippen MR) is 103 cm³/mol. The molecular weight excluding hydrogens is 373 g/mol. The van der Waals surface area contributed by atoms with Crippen molar-refractivity contribution < 1.29 is 9.59 Å². The van der Waals surface area contributed by atoms with Gasteiger partial charge in [0, 0.05) is 28.0 Å². The van der Waals surface area contributed by atoms with E-state index in [0.717, 1.165) is 28.4 Å². The molecule has 136 valence electrons. The number of amides is 3. The van der Waals surface area contributed by atoms with Crippen molar-refractivity contribution >= 4 is 41.2 Å². The van der Waals surface area contributed by atoms with Gasteiger partial charge in [0.05, 0.1) is 6.54 Å². The summed E-state index contributed by atoms with van der Waals surface area (Å²) in [5, 5.41) is 3.57. The number of carbonyl (C=O) groups is 2. The second-order valence-electron chi connectivity index (χ2n) is 6.19. The van der Waals surface area contributed by atoms with Crippen LogP contribution in [0.5, 0.6) is 0 Å². The third kappa shape index (κ3) is 3.37. The molecule has 1 saturated heterocycles. The second kappa shape index (κ2) is 7.17. The van der Waals surface area contributed by atoms with Gasteiger partial charge in [0.2, 0.25) is 0 Å². The number of nitrogens with one attached hydrogen (secondary N) is 1. The van der Waals surface area contributed by atoms with Crippen molar-refractivity contribution in [3.05, 3.63) is 62.5 Å². The molecule has 0 bridgehead atoms. The molecule has 0 atom stereocenters. The topological polar surface area (TPSA) is 54.3 Å².